The molecule has 16 heavy (non-hydrogen) atoms. The van der Waals surface area contributed by atoms with Crippen LogP contribution in [0.3, 0.4) is 0 Å². The summed E-state index contributed by atoms with van der Waals surface area (Å²) in [5, 5.41) is 9.58. The lowest BCUT2D eigenvalue weighted by molar-refractivity contribution is 0.0229. The molecule has 1 rings (SSSR count). The Morgan fingerprint density at radius 3 is 2.50 bits per heavy atom. The van der Waals surface area contributed by atoms with Crippen LogP contribution in [-0.2, 0) is 4.74 Å². The Labute approximate surface area is 96.9 Å². The third-order valence-electron chi connectivity index (χ3n) is 2.48. The summed E-state index contributed by atoms with van der Waals surface area (Å²) in [4.78, 5) is 13.4. The number of hydrogen-bond acceptors (Lipinski definition) is 3. The zero-order chi connectivity index (χ0) is 12.5. The second kappa shape index (κ2) is 4.45. The summed E-state index contributed by atoms with van der Waals surface area (Å²) >= 11 is 0. The highest BCUT2D eigenvalue weighted by Gasteiger charge is 2.36. The van der Waals surface area contributed by atoms with Crippen LogP contribution in [0.1, 0.15) is 34.1 Å². The Morgan fingerprint density at radius 2 is 2.06 bits per heavy atom. The summed E-state index contributed by atoms with van der Waals surface area (Å²) in [6, 6.07) is -0.107. The molecule has 1 aliphatic heterocycles. The van der Waals surface area contributed by atoms with E-state index in [9.17, 15) is 9.90 Å². The number of ether oxygens (including phenoxy) is 1. The van der Waals surface area contributed by atoms with Crippen molar-refractivity contribution in [2.45, 2.75) is 51.9 Å². The number of nitrogens with zero attached hydrogens (tertiary/aromatic N) is 1. The van der Waals surface area contributed by atoms with Gasteiger partial charge in [0.25, 0.3) is 0 Å². The first-order valence-corrected chi connectivity index (χ1v) is 5.54. The van der Waals surface area contributed by atoms with Gasteiger partial charge in [0.2, 0.25) is 0 Å². The molecule has 2 atom stereocenters. The van der Waals surface area contributed by atoms with E-state index in [0.717, 1.165) is 5.57 Å². The molecule has 0 saturated carbocycles. The highest BCUT2D eigenvalue weighted by molar-refractivity contribution is 5.69. The van der Waals surface area contributed by atoms with Crippen LogP contribution in [0.2, 0.25) is 0 Å². The number of hydrogen-bond donors (Lipinski definition) is 1. The lowest BCUT2D eigenvalue weighted by Gasteiger charge is -2.28. The predicted octanol–water partition coefficient (Wildman–Crippen LogP) is 1.93. The standard InChI is InChI=1S/C12H21NO3/c1-8(2)10-6-9(14)7-13(10)11(15)16-12(3,4)5/h9-10,14H,1,6-7H2,2-5H3/t9-,10+/m1/s1. The number of aliphatic hydroxyl groups is 1. The third-order valence-corrected chi connectivity index (χ3v) is 2.48. The molecule has 0 unspecified atom stereocenters. The average Bonchev–Trinajstić information content (AvgIpc) is 2.44. The van der Waals surface area contributed by atoms with E-state index in [4.69, 9.17) is 4.74 Å². The van der Waals surface area contributed by atoms with Gasteiger partial charge in [0.15, 0.2) is 0 Å². The molecule has 0 aliphatic carbocycles. The maximum atomic E-state index is 11.9. The fourth-order valence-corrected chi connectivity index (χ4v) is 1.80. The molecule has 1 aliphatic rings. The van der Waals surface area contributed by atoms with Crippen LogP contribution in [0.4, 0.5) is 4.79 Å². The number of rotatable bonds is 1. The molecule has 1 saturated heterocycles. The Hall–Kier alpha value is -1.03. The average molecular weight is 227 g/mol. The molecule has 1 heterocycles. The zero-order valence-electron chi connectivity index (χ0n) is 10.5. The van der Waals surface area contributed by atoms with Gasteiger partial charge in [0.1, 0.15) is 5.60 Å². The molecule has 0 spiro atoms. The Balaban J connectivity index is 2.71. The van der Waals surface area contributed by atoms with Crippen molar-refractivity contribution in [3.05, 3.63) is 12.2 Å². The summed E-state index contributed by atoms with van der Waals surface area (Å²) in [5.41, 5.74) is 0.368. The maximum Gasteiger partial charge on any atom is 0.410 e. The molecule has 0 aromatic heterocycles. The van der Waals surface area contributed by atoms with Crippen molar-refractivity contribution in [2.75, 3.05) is 6.54 Å². The van der Waals surface area contributed by atoms with Crippen molar-refractivity contribution < 1.29 is 14.6 Å². The first-order valence-electron chi connectivity index (χ1n) is 5.54. The van der Waals surface area contributed by atoms with E-state index >= 15 is 0 Å². The summed E-state index contributed by atoms with van der Waals surface area (Å²) in [6.07, 6.45) is -0.305. The lowest BCUT2D eigenvalue weighted by atomic mass is 10.1. The molecule has 1 fully saturated rings. The first-order chi connectivity index (χ1) is 7.20. The summed E-state index contributed by atoms with van der Waals surface area (Å²) in [5.74, 6) is 0. The minimum absolute atomic E-state index is 0.107. The first kappa shape index (κ1) is 13.0. The summed E-state index contributed by atoms with van der Waals surface area (Å²) < 4.78 is 5.29. The van der Waals surface area contributed by atoms with Crippen molar-refractivity contribution >= 4 is 6.09 Å². The number of carbonyl (C=O) groups is 1. The molecule has 1 N–H and O–H groups in total. The molecule has 1 amide bonds. The van der Waals surface area contributed by atoms with Crippen LogP contribution in [0.5, 0.6) is 0 Å². The second-order valence-electron chi connectivity index (χ2n) is 5.38. The second-order valence-corrected chi connectivity index (χ2v) is 5.38. The van der Waals surface area contributed by atoms with Crippen LogP contribution in [0.15, 0.2) is 12.2 Å². The molecular weight excluding hydrogens is 206 g/mol. The van der Waals surface area contributed by atoms with Gasteiger partial charge in [-0.05, 0) is 34.1 Å². The monoisotopic (exact) mass is 227 g/mol. The van der Waals surface area contributed by atoms with Gasteiger partial charge in [-0.1, -0.05) is 12.2 Å². The van der Waals surface area contributed by atoms with Crippen molar-refractivity contribution in [3.63, 3.8) is 0 Å². The van der Waals surface area contributed by atoms with E-state index in [1.165, 1.54) is 0 Å². The number of aliphatic hydroxyl groups excluding tert-OH is 1. The molecule has 0 radical (unpaired) electrons. The fraction of sp³-hybridized carbons (Fsp3) is 0.750. The normalized spacial score (nSPS) is 25.7. The zero-order valence-corrected chi connectivity index (χ0v) is 10.5. The maximum absolute atomic E-state index is 11.9. The number of amides is 1. The van der Waals surface area contributed by atoms with Gasteiger partial charge in [-0.25, -0.2) is 4.79 Å². The molecule has 4 heteroatoms. The molecule has 0 bridgehead atoms. The summed E-state index contributed by atoms with van der Waals surface area (Å²) in [6.45, 7) is 11.5. The molecule has 0 aromatic rings. The minimum Gasteiger partial charge on any atom is -0.444 e. The van der Waals surface area contributed by atoms with Gasteiger partial charge < -0.3 is 9.84 Å². The van der Waals surface area contributed by atoms with Crippen LogP contribution in [-0.4, -0.2) is 40.4 Å². The quantitative estimate of drug-likeness (QED) is 0.696. The van der Waals surface area contributed by atoms with E-state index in [0.29, 0.717) is 13.0 Å². The Bertz CT molecular complexity index is 293. The van der Waals surface area contributed by atoms with E-state index < -0.39 is 11.7 Å². The third kappa shape index (κ3) is 3.23. The van der Waals surface area contributed by atoms with Crippen molar-refractivity contribution in [1.29, 1.82) is 0 Å². The van der Waals surface area contributed by atoms with E-state index in [-0.39, 0.29) is 12.1 Å². The number of likely N-dealkylation sites (tertiary alicyclic amines) is 1. The van der Waals surface area contributed by atoms with Crippen LogP contribution < -0.4 is 0 Å². The predicted molar refractivity (Wildman–Crippen MR) is 62.2 cm³/mol. The van der Waals surface area contributed by atoms with Gasteiger partial charge in [-0.3, -0.25) is 4.90 Å². The van der Waals surface area contributed by atoms with E-state index in [1.54, 1.807) is 4.90 Å². The SMILES string of the molecule is C=C(C)[C@@H]1C[C@@H](O)CN1C(=O)OC(C)(C)C. The minimum atomic E-state index is -0.510. The van der Waals surface area contributed by atoms with Gasteiger partial charge in [-0.2, -0.15) is 0 Å². The highest BCUT2D eigenvalue weighted by atomic mass is 16.6. The number of carbonyl (C=O) groups excluding carboxylic acids is 1. The van der Waals surface area contributed by atoms with E-state index in [2.05, 4.69) is 6.58 Å². The lowest BCUT2D eigenvalue weighted by Crippen LogP contribution is -2.40. The van der Waals surface area contributed by atoms with Gasteiger partial charge >= 0.3 is 6.09 Å². The summed E-state index contributed by atoms with van der Waals surface area (Å²) in [7, 11) is 0. The highest BCUT2D eigenvalue weighted by Crippen LogP contribution is 2.25. The topological polar surface area (TPSA) is 49.8 Å². The fourth-order valence-electron chi connectivity index (χ4n) is 1.80. The largest absolute Gasteiger partial charge is 0.444 e. The molecule has 0 aromatic carbocycles. The van der Waals surface area contributed by atoms with Crippen molar-refractivity contribution in [1.82, 2.24) is 4.90 Å². The van der Waals surface area contributed by atoms with Gasteiger partial charge in [0, 0.05) is 0 Å². The smallest absolute Gasteiger partial charge is 0.410 e. The molecular formula is C12H21NO3. The Morgan fingerprint density at radius 1 is 1.50 bits per heavy atom. The van der Waals surface area contributed by atoms with Crippen molar-refractivity contribution in [3.8, 4) is 0 Å². The Kier molecular flexibility index (Phi) is 3.63. The van der Waals surface area contributed by atoms with E-state index in [1.807, 2.05) is 27.7 Å². The van der Waals surface area contributed by atoms with Crippen LogP contribution >= 0.6 is 0 Å². The number of β-amino-alcohol motifs (C(OH)–C–C–N with tert-alkyl or cyclic N) is 1. The van der Waals surface area contributed by atoms with Crippen LogP contribution in [0, 0.1) is 0 Å². The molecule has 92 valence electrons. The van der Waals surface area contributed by atoms with Gasteiger partial charge in [0.05, 0.1) is 18.7 Å². The van der Waals surface area contributed by atoms with Gasteiger partial charge in [-0.15, -0.1) is 0 Å². The van der Waals surface area contributed by atoms with Crippen molar-refractivity contribution in [2.24, 2.45) is 0 Å². The van der Waals surface area contributed by atoms with Crippen LogP contribution in [0.25, 0.3) is 0 Å². The molecule has 4 nitrogen and oxygen atoms in total.